The van der Waals surface area contributed by atoms with Crippen LogP contribution in [0.1, 0.15) is 56.9 Å². The van der Waals surface area contributed by atoms with E-state index in [1.54, 1.807) is 0 Å². The second-order valence-electron chi connectivity index (χ2n) is 9.41. The Hall–Kier alpha value is -2.10. The molecule has 0 saturated heterocycles. The summed E-state index contributed by atoms with van der Waals surface area (Å²) < 4.78 is 4.61. The minimum atomic E-state index is -1.11. The van der Waals surface area contributed by atoms with E-state index >= 15 is 0 Å². The highest BCUT2D eigenvalue weighted by Crippen LogP contribution is 2.38. The van der Waals surface area contributed by atoms with Crippen LogP contribution in [0.2, 0.25) is 0 Å². The SMILES string of the molecule is O=C(CCCC=CCC1C(O)CC(O)C1CCC(O)CCc1ccccc1)OC(=O)C(CO)CO. The van der Waals surface area contributed by atoms with Crippen molar-refractivity contribution in [3.8, 4) is 0 Å². The number of aliphatic hydroxyl groups excluding tert-OH is 5. The van der Waals surface area contributed by atoms with Gasteiger partial charge in [-0.3, -0.25) is 9.59 Å². The van der Waals surface area contributed by atoms with Gasteiger partial charge in [0.15, 0.2) is 0 Å². The van der Waals surface area contributed by atoms with E-state index in [0.29, 0.717) is 44.9 Å². The number of ether oxygens (including phenoxy) is 1. The normalized spacial score (nSPS) is 23.1. The Morgan fingerprint density at radius 1 is 1.00 bits per heavy atom. The van der Waals surface area contributed by atoms with Crippen molar-refractivity contribution >= 4 is 11.9 Å². The fourth-order valence-corrected chi connectivity index (χ4v) is 4.60. The van der Waals surface area contributed by atoms with Crippen LogP contribution in [0.15, 0.2) is 42.5 Å². The van der Waals surface area contributed by atoms with E-state index in [-0.39, 0.29) is 18.3 Å². The van der Waals surface area contributed by atoms with Crippen molar-refractivity contribution in [3.63, 3.8) is 0 Å². The monoisotopic (exact) mass is 492 g/mol. The zero-order valence-electron chi connectivity index (χ0n) is 20.2. The molecule has 8 nitrogen and oxygen atoms in total. The number of allylic oxidation sites excluding steroid dienone is 2. The number of hydrogen-bond donors (Lipinski definition) is 5. The Morgan fingerprint density at radius 2 is 1.69 bits per heavy atom. The summed E-state index contributed by atoms with van der Waals surface area (Å²) in [5, 5.41) is 49.1. The lowest BCUT2D eigenvalue weighted by molar-refractivity contribution is -0.164. The molecule has 1 aliphatic carbocycles. The number of rotatable bonds is 15. The number of benzene rings is 1. The Labute approximate surface area is 207 Å². The maximum Gasteiger partial charge on any atom is 0.321 e. The predicted octanol–water partition coefficient (Wildman–Crippen LogP) is 1.91. The Balaban J connectivity index is 1.69. The third-order valence-corrected chi connectivity index (χ3v) is 6.78. The molecule has 5 atom stereocenters. The molecule has 0 heterocycles. The van der Waals surface area contributed by atoms with E-state index in [1.807, 2.05) is 42.5 Å². The van der Waals surface area contributed by atoms with Crippen LogP contribution in [-0.4, -0.2) is 69.0 Å². The molecule has 0 radical (unpaired) electrons. The molecule has 0 aromatic heterocycles. The van der Waals surface area contributed by atoms with Crippen LogP contribution in [-0.2, 0) is 20.7 Å². The molecular formula is C27H40O8. The van der Waals surface area contributed by atoms with E-state index in [4.69, 9.17) is 10.2 Å². The van der Waals surface area contributed by atoms with Gasteiger partial charge < -0.3 is 30.3 Å². The van der Waals surface area contributed by atoms with E-state index in [9.17, 15) is 24.9 Å². The van der Waals surface area contributed by atoms with Crippen molar-refractivity contribution in [1.29, 1.82) is 0 Å². The van der Waals surface area contributed by atoms with Crippen LogP contribution in [0.4, 0.5) is 0 Å². The molecule has 8 heteroatoms. The van der Waals surface area contributed by atoms with Gasteiger partial charge in [-0.05, 0) is 68.8 Å². The first kappa shape index (κ1) is 29.1. The number of aliphatic hydroxyl groups is 5. The van der Waals surface area contributed by atoms with E-state index in [1.165, 1.54) is 5.56 Å². The fraction of sp³-hybridized carbons (Fsp3) is 0.630. The van der Waals surface area contributed by atoms with Gasteiger partial charge >= 0.3 is 11.9 Å². The van der Waals surface area contributed by atoms with Gasteiger partial charge in [-0.15, -0.1) is 0 Å². The summed E-state index contributed by atoms with van der Waals surface area (Å²) in [5.41, 5.74) is 1.19. The predicted molar refractivity (Wildman–Crippen MR) is 130 cm³/mol. The van der Waals surface area contributed by atoms with Crippen molar-refractivity contribution in [2.75, 3.05) is 13.2 Å². The smallest absolute Gasteiger partial charge is 0.321 e. The topological polar surface area (TPSA) is 145 Å². The zero-order valence-corrected chi connectivity index (χ0v) is 20.2. The Kier molecular flexibility index (Phi) is 13.2. The number of carbonyl (C=O) groups is 2. The summed E-state index contributed by atoms with van der Waals surface area (Å²) in [4.78, 5) is 23.2. The quantitative estimate of drug-likeness (QED) is 0.108. The molecule has 0 aliphatic heterocycles. The minimum absolute atomic E-state index is 0.0356. The third kappa shape index (κ3) is 10.2. The molecule has 1 fully saturated rings. The summed E-state index contributed by atoms with van der Waals surface area (Å²) in [7, 11) is 0. The fourth-order valence-electron chi connectivity index (χ4n) is 4.60. The van der Waals surface area contributed by atoms with E-state index in [0.717, 1.165) is 6.42 Å². The highest BCUT2D eigenvalue weighted by molar-refractivity contribution is 5.86. The van der Waals surface area contributed by atoms with Crippen molar-refractivity contribution in [2.45, 2.75) is 76.1 Å². The number of hydrogen-bond acceptors (Lipinski definition) is 8. The van der Waals surface area contributed by atoms with Gasteiger partial charge in [-0.1, -0.05) is 42.5 Å². The van der Waals surface area contributed by atoms with Crippen LogP contribution >= 0.6 is 0 Å². The summed E-state index contributed by atoms with van der Waals surface area (Å²) in [5.74, 6) is -2.90. The molecular weight excluding hydrogens is 452 g/mol. The molecule has 0 amide bonds. The van der Waals surface area contributed by atoms with Crippen molar-refractivity contribution in [1.82, 2.24) is 0 Å². The average Bonchev–Trinajstić information content (AvgIpc) is 3.11. The lowest BCUT2D eigenvalue weighted by atomic mass is 9.85. The van der Waals surface area contributed by atoms with Crippen LogP contribution in [0.5, 0.6) is 0 Å². The molecule has 0 bridgehead atoms. The molecule has 1 aromatic rings. The second-order valence-corrected chi connectivity index (χ2v) is 9.41. The van der Waals surface area contributed by atoms with Crippen molar-refractivity contribution in [3.05, 3.63) is 48.0 Å². The molecule has 1 aliphatic rings. The van der Waals surface area contributed by atoms with Crippen LogP contribution in [0.25, 0.3) is 0 Å². The summed E-state index contributed by atoms with van der Waals surface area (Å²) >= 11 is 0. The molecule has 1 aromatic carbocycles. The Morgan fingerprint density at radius 3 is 2.37 bits per heavy atom. The number of carbonyl (C=O) groups excluding carboxylic acids is 2. The molecule has 2 rings (SSSR count). The first-order chi connectivity index (χ1) is 16.8. The van der Waals surface area contributed by atoms with Crippen LogP contribution in [0, 0.1) is 17.8 Å². The first-order valence-electron chi connectivity index (χ1n) is 12.5. The van der Waals surface area contributed by atoms with E-state index in [2.05, 4.69) is 4.74 Å². The lowest BCUT2D eigenvalue weighted by Gasteiger charge is -2.23. The highest BCUT2D eigenvalue weighted by atomic mass is 16.6. The number of aryl methyl sites for hydroxylation is 1. The van der Waals surface area contributed by atoms with Gasteiger partial charge in [0.1, 0.15) is 5.92 Å². The molecule has 5 N–H and O–H groups in total. The maximum absolute atomic E-state index is 11.7. The molecule has 5 unspecified atom stereocenters. The molecule has 0 spiro atoms. The minimum Gasteiger partial charge on any atom is -0.395 e. The summed E-state index contributed by atoms with van der Waals surface area (Å²) in [6.07, 6.45) is 6.94. The summed E-state index contributed by atoms with van der Waals surface area (Å²) in [6, 6.07) is 10.0. The second kappa shape index (κ2) is 15.8. The lowest BCUT2D eigenvalue weighted by Crippen LogP contribution is -2.26. The molecule has 196 valence electrons. The van der Waals surface area contributed by atoms with Gasteiger partial charge in [0.2, 0.25) is 0 Å². The van der Waals surface area contributed by atoms with Gasteiger partial charge in [0.05, 0.1) is 31.5 Å². The number of unbranched alkanes of at least 4 members (excludes halogenated alkanes) is 1. The van der Waals surface area contributed by atoms with E-state index < -0.39 is 49.4 Å². The zero-order chi connectivity index (χ0) is 25.6. The molecule has 35 heavy (non-hydrogen) atoms. The number of esters is 2. The van der Waals surface area contributed by atoms with Crippen molar-refractivity contribution < 1.29 is 39.9 Å². The third-order valence-electron chi connectivity index (χ3n) is 6.78. The van der Waals surface area contributed by atoms with Gasteiger partial charge in [-0.2, -0.15) is 0 Å². The summed E-state index contributed by atoms with van der Waals surface area (Å²) in [6.45, 7) is -1.17. The first-order valence-corrected chi connectivity index (χ1v) is 12.5. The van der Waals surface area contributed by atoms with Crippen LogP contribution < -0.4 is 0 Å². The van der Waals surface area contributed by atoms with Gasteiger partial charge in [-0.25, -0.2) is 0 Å². The Bertz CT molecular complexity index is 777. The molecule has 1 saturated carbocycles. The average molecular weight is 493 g/mol. The van der Waals surface area contributed by atoms with Gasteiger partial charge in [0.25, 0.3) is 0 Å². The highest BCUT2D eigenvalue weighted by Gasteiger charge is 2.40. The van der Waals surface area contributed by atoms with Gasteiger partial charge in [0, 0.05) is 6.42 Å². The largest absolute Gasteiger partial charge is 0.395 e. The van der Waals surface area contributed by atoms with Crippen LogP contribution in [0.3, 0.4) is 0 Å². The standard InChI is InChI=1S/C27H40O8/c28-17-20(18-29)27(34)35-26(33)11-7-2-1-6-10-22-23(25(32)16-24(22)31)15-14-21(30)13-12-19-8-4-3-5-9-19/h1,3-6,8-9,20-25,28-32H,2,7,10-18H2. The maximum atomic E-state index is 11.7. The van der Waals surface area contributed by atoms with Crippen molar-refractivity contribution in [2.24, 2.45) is 17.8 Å².